The molecule has 3 aromatic carbocycles. The smallest absolute Gasteiger partial charge is 0.338 e. The largest absolute Gasteiger partial charge is 0.459 e. The molecule has 3 atom stereocenters. The van der Waals surface area contributed by atoms with Gasteiger partial charge in [0, 0.05) is 6.42 Å². The van der Waals surface area contributed by atoms with Gasteiger partial charge in [-0.2, -0.15) is 0 Å². The van der Waals surface area contributed by atoms with Crippen LogP contribution in [-0.4, -0.2) is 45.7 Å². The summed E-state index contributed by atoms with van der Waals surface area (Å²) in [5, 5.41) is 8.33. The molecular formula is C28H25N3O6. The lowest BCUT2D eigenvalue weighted by molar-refractivity contribution is -0.0593. The minimum atomic E-state index is -0.736. The molecule has 0 spiro atoms. The molecule has 2 heterocycles. The predicted octanol–water partition coefficient (Wildman–Crippen LogP) is 3.78. The summed E-state index contributed by atoms with van der Waals surface area (Å²) in [4.78, 5) is 37.3. The quantitative estimate of drug-likeness (QED) is 0.369. The molecule has 5 rings (SSSR count). The third kappa shape index (κ3) is 5.41. The van der Waals surface area contributed by atoms with Crippen molar-refractivity contribution < 1.29 is 23.8 Å². The Morgan fingerprint density at radius 3 is 2.19 bits per heavy atom. The summed E-state index contributed by atoms with van der Waals surface area (Å²) in [7, 11) is 0. The maximum absolute atomic E-state index is 12.9. The highest BCUT2D eigenvalue weighted by molar-refractivity contribution is 5.90. The van der Waals surface area contributed by atoms with Gasteiger partial charge in [-0.15, -0.1) is 5.10 Å². The van der Waals surface area contributed by atoms with E-state index in [4.69, 9.17) is 14.2 Å². The first-order valence-corrected chi connectivity index (χ1v) is 11.9. The molecular weight excluding hydrogens is 474 g/mol. The Morgan fingerprint density at radius 2 is 1.51 bits per heavy atom. The second-order valence-corrected chi connectivity index (χ2v) is 9.01. The topological polar surface area (TPSA) is 110 Å². The minimum absolute atomic E-state index is 0.125. The van der Waals surface area contributed by atoms with Crippen LogP contribution in [0.5, 0.6) is 0 Å². The van der Waals surface area contributed by atoms with E-state index < -0.39 is 30.4 Å². The van der Waals surface area contributed by atoms with Gasteiger partial charge < -0.3 is 14.2 Å². The van der Waals surface area contributed by atoms with E-state index in [1.807, 2.05) is 38.1 Å². The van der Waals surface area contributed by atoms with Crippen molar-refractivity contribution in [3.05, 3.63) is 105 Å². The molecule has 0 saturated carbocycles. The zero-order valence-electron chi connectivity index (χ0n) is 20.4. The van der Waals surface area contributed by atoms with E-state index >= 15 is 0 Å². The summed E-state index contributed by atoms with van der Waals surface area (Å²) in [6.45, 7) is 3.74. The van der Waals surface area contributed by atoms with Gasteiger partial charge in [0.15, 0.2) is 11.7 Å². The molecule has 0 bridgehead atoms. The molecule has 0 aliphatic carbocycles. The number of nitrogens with zero attached hydrogens (tertiary/aromatic N) is 3. The second kappa shape index (κ2) is 10.3. The van der Waals surface area contributed by atoms with Crippen LogP contribution in [0, 0.1) is 13.8 Å². The summed E-state index contributed by atoms with van der Waals surface area (Å²) in [6.07, 6.45) is -1.84. The van der Waals surface area contributed by atoms with Crippen molar-refractivity contribution in [3.8, 4) is 0 Å². The fraction of sp³-hybridized carbons (Fsp3) is 0.250. The van der Waals surface area contributed by atoms with Crippen molar-refractivity contribution in [3.63, 3.8) is 0 Å². The van der Waals surface area contributed by atoms with Crippen LogP contribution >= 0.6 is 0 Å². The van der Waals surface area contributed by atoms with Gasteiger partial charge in [-0.05, 0) is 62.4 Å². The lowest BCUT2D eigenvalue weighted by Gasteiger charge is -2.19. The molecule has 1 saturated heterocycles. The highest BCUT2D eigenvalue weighted by Crippen LogP contribution is 2.33. The van der Waals surface area contributed by atoms with E-state index in [-0.39, 0.29) is 18.5 Å². The van der Waals surface area contributed by atoms with E-state index in [0.29, 0.717) is 22.2 Å². The maximum atomic E-state index is 12.9. The third-order valence-corrected chi connectivity index (χ3v) is 6.23. The number of esters is 2. The third-order valence-electron chi connectivity index (χ3n) is 6.23. The summed E-state index contributed by atoms with van der Waals surface area (Å²) >= 11 is 0. The number of fused-ring (bicyclic) bond motifs is 1. The monoisotopic (exact) mass is 499 g/mol. The van der Waals surface area contributed by atoms with Crippen LogP contribution in [0.2, 0.25) is 0 Å². The van der Waals surface area contributed by atoms with Crippen LogP contribution in [-0.2, 0) is 14.2 Å². The SMILES string of the molecule is Cc1ccc(C(=O)OC[C@H]2O[C@@H](n3nnc4ccc(=O)ccc43)C[C@@H]2OC(=O)c2ccc(C)cc2)cc1. The molecule has 0 unspecified atom stereocenters. The molecule has 0 amide bonds. The van der Waals surface area contributed by atoms with Gasteiger partial charge in [0.25, 0.3) is 0 Å². The van der Waals surface area contributed by atoms with E-state index in [2.05, 4.69) is 10.3 Å². The number of carbonyl (C=O) groups excluding carboxylic acids is 2. The number of rotatable bonds is 6. The summed E-state index contributed by atoms with van der Waals surface area (Å²) in [5.41, 5.74) is 3.82. The number of hydrogen-bond acceptors (Lipinski definition) is 8. The van der Waals surface area contributed by atoms with E-state index in [9.17, 15) is 14.4 Å². The van der Waals surface area contributed by atoms with Crippen molar-refractivity contribution in [1.29, 1.82) is 0 Å². The summed E-state index contributed by atoms with van der Waals surface area (Å²) in [6, 6.07) is 20.1. The summed E-state index contributed by atoms with van der Waals surface area (Å²) in [5.74, 6) is -1.01. The van der Waals surface area contributed by atoms with Gasteiger partial charge in [0.1, 0.15) is 24.3 Å². The van der Waals surface area contributed by atoms with Crippen molar-refractivity contribution in [2.75, 3.05) is 6.61 Å². The number of aromatic nitrogens is 3. The van der Waals surface area contributed by atoms with Gasteiger partial charge >= 0.3 is 11.9 Å². The highest BCUT2D eigenvalue weighted by atomic mass is 16.6. The Bertz CT molecular complexity index is 1500. The number of aryl methyl sites for hydroxylation is 2. The minimum Gasteiger partial charge on any atom is -0.459 e. The molecule has 0 radical (unpaired) electrons. The first-order chi connectivity index (χ1) is 17.9. The van der Waals surface area contributed by atoms with Crippen LogP contribution in [0.25, 0.3) is 11.0 Å². The average molecular weight is 500 g/mol. The van der Waals surface area contributed by atoms with Crippen LogP contribution in [0.4, 0.5) is 0 Å². The molecule has 1 aliphatic heterocycles. The Morgan fingerprint density at radius 1 is 0.892 bits per heavy atom. The lowest BCUT2D eigenvalue weighted by Crippen LogP contribution is -2.32. The van der Waals surface area contributed by atoms with E-state index in [1.165, 1.54) is 12.1 Å². The number of carbonyl (C=O) groups is 2. The normalized spacial score (nSPS) is 19.0. The molecule has 37 heavy (non-hydrogen) atoms. The molecule has 4 aromatic rings. The first-order valence-electron chi connectivity index (χ1n) is 11.9. The lowest BCUT2D eigenvalue weighted by atomic mass is 10.1. The molecule has 9 nitrogen and oxygen atoms in total. The van der Waals surface area contributed by atoms with Crippen LogP contribution < -0.4 is 5.43 Å². The Hall–Kier alpha value is -4.37. The second-order valence-electron chi connectivity index (χ2n) is 9.01. The van der Waals surface area contributed by atoms with Gasteiger partial charge in [0.2, 0.25) is 0 Å². The van der Waals surface area contributed by atoms with Crippen molar-refractivity contribution >= 4 is 23.0 Å². The molecule has 1 aliphatic rings. The molecule has 0 N–H and O–H groups in total. The molecule has 1 fully saturated rings. The molecule has 188 valence electrons. The first kappa shape index (κ1) is 24.3. The van der Waals surface area contributed by atoms with Crippen LogP contribution in [0.3, 0.4) is 0 Å². The standard InChI is InChI=1S/C28H25N3O6/c1-17-3-7-19(8-4-17)27(33)35-16-25-24(37-28(34)20-9-5-18(2)6-10-20)15-26(36-25)31-23-14-12-21(32)11-13-22(23)29-30-31/h3-14,24-26H,15-16H2,1-2H3/t24-,25+,26+/m0/s1. The van der Waals surface area contributed by atoms with Crippen molar-refractivity contribution in [1.82, 2.24) is 15.0 Å². The zero-order chi connectivity index (χ0) is 25.9. The number of ether oxygens (including phenoxy) is 3. The van der Waals surface area contributed by atoms with Gasteiger partial charge in [-0.3, -0.25) is 4.79 Å². The van der Waals surface area contributed by atoms with Crippen LogP contribution in [0.1, 0.15) is 44.5 Å². The Balaban J connectivity index is 1.37. The molecule has 9 heteroatoms. The predicted molar refractivity (Wildman–Crippen MR) is 134 cm³/mol. The highest BCUT2D eigenvalue weighted by Gasteiger charge is 2.41. The fourth-order valence-corrected chi connectivity index (χ4v) is 4.13. The number of hydrogen-bond donors (Lipinski definition) is 0. The van der Waals surface area contributed by atoms with Crippen molar-refractivity contribution in [2.24, 2.45) is 0 Å². The molecule has 1 aromatic heterocycles. The summed E-state index contributed by atoms with van der Waals surface area (Å²) < 4.78 is 19.1. The Kier molecular flexibility index (Phi) is 6.78. The van der Waals surface area contributed by atoms with E-state index in [1.54, 1.807) is 41.1 Å². The van der Waals surface area contributed by atoms with Gasteiger partial charge in [-0.25, -0.2) is 14.3 Å². The number of benzene rings is 2. The van der Waals surface area contributed by atoms with Gasteiger partial charge in [-0.1, -0.05) is 40.6 Å². The zero-order valence-corrected chi connectivity index (χ0v) is 20.4. The Labute approximate surface area is 212 Å². The van der Waals surface area contributed by atoms with Crippen LogP contribution in [0.15, 0.2) is 77.6 Å². The van der Waals surface area contributed by atoms with E-state index in [0.717, 1.165) is 11.1 Å². The van der Waals surface area contributed by atoms with Gasteiger partial charge in [0.05, 0.1) is 16.6 Å². The average Bonchev–Trinajstić information content (AvgIpc) is 3.43. The van der Waals surface area contributed by atoms with Crippen molar-refractivity contribution in [2.45, 2.75) is 38.7 Å². The maximum Gasteiger partial charge on any atom is 0.338 e. The fourth-order valence-electron chi connectivity index (χ4n) is 4.13.